The molecule has 0 aliphatic carbocycles. The molecule has 0 fully saturated rings. The van der Waals surface area contributed by atoms with Gasteiger partial charge in [-0.25, -0.2) is 4.98 Å². The van der Waals surface area contributed by atoms with E-state index in [1.807, 2.05) is 50.2 Å². The first-order chi connectivity index (χ1) is 10.0. The summed E-state index contributed by atoms with van der Waals surface area (Å²) >= 11 is 6.15. The minimum absolute atomic E-state index is 0.161. The Morgan fingerprint density at radius 2 is 1.86 bits per heavy atom. The smallest absolute Gasteiger partial charge is 0.270 e. The Balaban J connectivity index is 2.11. The molecule has 3 aromatic rings. The number of H-pyrrole nitrogens is 1. The molecule has 1 N–H and O–H groups in total. The van der Waals surface area contributed by atoms with E-state index in [0.717, 1.165) is 27.7 Å². The van der Waals surface area contributed by atoms with Gasteiger partial charge in [0.1, 0.15) is 5.69 Å². The number of rotatable bonds is 2. The average Bonchev–Trinajstić information content (AvgIpc) is 2.44. The molecule has 3 nitrogen and oxygen atoms in total. The molecule has 0 bridgehead atoms. The molecule has 4 heteroatoms. The van der Waals surface area contributed by atoms with E-state index in [0.29, 0.717) is 17.1 Å². The summed E-state index contributed by atoms with van der Waals surface area (Å²) in [6.07, 6.45) is 0.428. The van der Waals surface area contributed by atoms with Crippen molar-refractivity contribution in [2.75, 3.05) is 0 Å². The van der Waals surface area contributed by atoms with Crippen LogP contribution in [0.1, 0.15) is 22.4 Å². The fraction of sp³-hybridized carbons (Fsp3) is 0.176. The third-order valence-electron chi connectivity index (χ3n) is 3.69. The first-order valence-electron chi connectivity index (χ1n) is 6.78. The van der Waals surface area contributed by atoms with Crippen molar-refractivity contribution in [2.45, 2.75) is 20.3 Å². The minimum Gasteiger partial charge on any atom is -0.319 e. The highest BCUT2D eigenvalue weighted by Gasteiger charge is 2.09. The number of nitrogens with one attached hydrogen (secondary N) is 1. The lowest BCUT2D eigenvalue weighted by atomic mass is 10.1. The molecule has 0 aliphatic heterocycles. The second-order valence-electron chi connectivity index (χ2n) is 5.23. The standard InChI is InChI=1S/C17H15ClN2O/c1-10-7-14-15(8-11(10)2)20-17(21)16(19-14)9-12-5-3-4-6-13(12)18/h3-8H,9H2,1-2H3,(H,20,21). The van der Waals surface area contributed by atoms with Crippen LogP contribution in [0.4, 0.5) is 0 Å². The summed E-state index contributed by atoms with van der Waals surface area (Å²) in [5, 5.41) is 0.652. The minimum atomic E-state index is -0.161. The maximum Gasteiger partial charge on any atom is 0.270 e. The predicted octanol–water partition coefficient (Wildman–Crippen LogP) is 3.78. The zero-order chi connectivity index (χ0) is 15.0. The van der Waals surface area contributed by atoms with E-state index in [2.05, 4.69) is 9.97 Å². The molecule has 0 amide bonds. The first-order valence-corrected chi connectivity index (χ1v) is 7.16. The van der Waals surface area contributed by atoms with Gasteiger partial charge < -0.3 is 4.98 Å². The molecule has 0 spiro atoms. The van der Waals surface area contributed by atoms with Crippen molar-refractivity contribution >= 4 is 22.6 Å². The molecule has 1 aromatic heterocycles. The van der Waals surface area contributed by atoms with Gasteiger partial charge in [-0.3, -0.25) is 4.79 Å². The van der Waals surface area contributed by atoms with Crippen LogP contribution < -0.4 is 5.56 Å². The molecule has 21 heavy (non-hydrogen) atoms. The van der Waals surface area contributed by atoms with E-state index in [4.69, 9.17) is 11.6 Å². The molecule has 2 aromatic carbocycles. The predicted molar refractivity (Wildman–Crippen MR) is 86.1 cm³/mol. The number of aryl methyl sites for hydroxylation is 2. The van der Waals surface area contributed by atoms with Crippen molar-refractivity contribution < 1.29 is 0 Å². The zero-order valence-corrected chi connectivity index (χ0v) is 12.7. The molecule has 3 rings (SSSR count). The Hall–Kier alpha value is -2.13. The molecule has 0 saturated heterocycles. The Bertz CT molecular complexity index is 884. The van der Waals surface area contributed by atoms with E-state index in [-0.39, 0.29) is 5.56 Å². The number of halogens is 1. The fourth-order valence-electron chi connectivity index (χ4n) is 2.33. The quantitative estimate of drug-likeness (QED) is 0.782. The first kappa shape index (κ1) is 13.8. The van der Waals surface area contributed by atoms with E-state index < -0.39 is 0 Å². The number of hydrogen-bond acceptors (Lipinski definition) is 2. The average molecular weight is 299 g/mol. The summed E-state index contributed by atoms with van der Waals surface area (Å²) in [6, 6.07) is 11.5. The van der Waals surface area contributed by atoms with Crippen molar-refractivity contribution in [2.24, 2.45) is 0 Å². The van der Waals surface area contributed by atoms with Crippen LogP contribution in [0.3, 0.4) is 0 Å². The van der Waals surface area contributed by atoms with Crippen molar-refractivity contribution in [1.82, 2.24) is 9.97 Å². The lowest BCUT2D eigenvalue weighted by Gasteiger charge is -2.07. The molecule has 0 aliphatic rings. The van der Waals surface area contributed by atoms with Crippen LogP contribution >= 0.6 is 11.6 Å². The summed E-state index contributed by atoms with van der Waals surface area (Å²) in [7, 11) is 0. The van der Waals surface area contributed by atoms with Crippen LogP contribution in [0.25, 0.3) is 11.0 Å². The summed E-state index contributed by atoms with van der Waals surface area (Å²) < 4.78 is 0. The van der Waals surface area contributed by atoms with Gasteiger partial charge in [0.2, 0.25) is 0 Å². The van der Waals surface area contributed by atoms with Crippen LogP contribution in [-0.2, 0) is 6.42 Å². The van der Waals surface area contributed by atoms with Crippen molar-refractivity contribution in [3.8, 4) is 0 Å². The van der Waals surface area contributed by atoms with Gasteiger partial charge in [0.15, 0.2) is 0 Å². The van der Waals surface area contributed by atoms with Gasteiger partial charge in [-0.2, -0.15) is 0 Å². The number of hydrogen-bond donors (Lipinski definition) is 1. The van der Waals surface area contributed by atoms with Crippen molar-refractivity contribution in [3.63, 3.8) is 0 Å². The lowest BCUT2D eigenvalue weighted by molar-refractivity contribution is 1.03. The van der Waals surface area contributed by atoms with Crippen molar-refractivity contribution in [1.29, 1.82) is 0 Å². The van der Waals surface area contributed by atoms with Gasteiger partial charge in [-0.15, -0.1) is 0 Å². The SMILES string of the molecule is Cc1cc2nc(Cc3ccccc3Cl)c(=O)[nH]c2cc1C. The normalized spacial score (nSPS) is 11.0. The van der Waals surface area contributed by atoms with E-state index in [1.165, 1.54) is 0 Å². The molecular weight excluding hydrogens is 284 g/mol. The van der Waals surface area contributed by atoms with Gasteiger partial charge in [0.25, 0.3) is 5.56 Å². The van der Waals surface area contributed by atoms with Crippen LogP contribution in [0.5, 0.6) is 0 Å². The van der Waals surface area contributed by atoms with Gasteiger partial charge in [-0.05, 0) is 48.7 Å². The lowest BCUT2D eigenvalue weighted by Crippen LogP contribution is -2.16. The molecule has 1 heterocycles. The Morgan fingerprint density at radius 1 is 1.14 bits per heavy atom. The summed E-state index contributed by atoms with van der Waals surface area (Å²) in [5.41, 5.74) is 5.10. The van der Waals surface area contributed by atoms with E-state index >= 15 is 0 Å². The van der Waals surface area contributed by atoms with Gasteiger partial charge in [-0.1, -0.05) is 29.8 Å². The molecule has 0 atom stereocenters. The second-order valence-corrected chi connectivity index (χ2v) is 5.64. The van der Waals surface area contributed by atoms with Gasteiger partial charge >= 0.3 is 0 Å². The van der Waals surface area contributed by atoms with Crippen LogP contribution in [0, 0.1) is 13.8 Å². The highest BCUT2D eigenvalue weighted by atomic mass is 35.5. The molecule has 0 radical (unpaired) electrons. The number of fused-ring (bicyclic) bond motifs is 1. The van der Waals surface area contributed by atoms with Gasteiger partial charge in [0, 0.05) is 11.4 Å². The number of nitrogens with zero attached hydrogens (tertiary/aromatic N) is 1. The Labute approximate surface area is 127 Å². The van der Waals surface area contributed by atoms with Gasteiger partial charge in [0.05, 0.1) is 11.0 Å². The molecule has 0 saturated carbocycles. The number of benzene rings is 2. The maximum atomic E-state index is 12.2. The molecular formula is C17H15ClN2O. The number of aromatic amines is 1. The monoisotopic (exact) mass is 298 g/mol. The Morgan fingerprint density at radius 3 is 2.62 bits per heavy atom. The van der Waals surface area contributed by atoms with E-state index in [9.17, 15) is 4.79 Å². The van der Waals surface area contributed by atoms with E-state index in [1.54, 1.807) is 0 Å². The Kier molecular flexibility index (Phi) is 3.52. The van der Waals surface area contributed by atoms with Crippen molar-refractivity contribution in [3.05, 3.63) is 74.2 Å². The largest absolute Gasteiger partial charge is 0.319 e. The second kappa shape index (κ2) is 5.34. The summed E-state index contributed by atoms with van der Waals surface area (Å²) in [4.78, 5) is 19.6. The summed E-state index contributed by atoms with van der Waals surface area (Å²) in [5.74, 6) is 0. The van der Waals surface area contributed by atoms with Crippen LogP contribution in [0.15, 0.2) is 41.2 Å². The third kappa shape index (κ3) is 2.69. The molecule has 106 valence electrons. The third-order valence-corrected chi connectivity index (χ3v) is 4.06. The topological polar surface area (TPSA) is 45.8 Å². The van der Waals surface area contributed by atoms with Crippen LogP contribution in [0.2, 0.25) is 5.02 Å². The molecule has 0 unspecified atom stereocenters. The zero-order valence-electron chi connectivity index (χ0n) is 11.9. The highest BCUT2D eigenvalue weighted by molar-refractivity contribution is 6.31. The summed E-state index contributed by atoms with van der Waals surface area (Å²) in [6.45, 7) is 4.06. The fourth-order valence-corrected chi connectivity index (χ4v) is 2.53. The van der Waals surface area contributed by atoms with Crippen LogP contribution in [-0.4, -0.2) is 9.97 Å². The number of aromatic nitrogens is 2. The maximum absolute atomic E-state index is 12.2. The highest BCUT2D eigenvalue weighted by Crippen LogP contribution is 2.19.